The molecule has 0 radical (unpaired) electrons. The van der Waals surface area contributed by atoms with Crippen LogP contribution in [0, 0.1) is 11.8 Å². The first kappa shape index (κ1) is 22.6. The zero-order valence-electron chi connectivity index (χ0n) is 16.4. The highest BCUT2D eigenvalue weighted by Crippen LogP contribution is 2.11. The average molecular weight is 381 g/mol. The van der Waals surface area contributed by atoms with Crippen molar-refractivity contribution in [2.24, 2.45) is 17.6 Å². The molecular weight excluding hydrogens is 350 g/mol. The number of imidazole rings is 1. The van der Waals surface area contributed by atoms with Gasteiger partial charge in [0.1, 0.15) is 12.1 Å². The van der Waals surface area contributed by atoms with E-state index < -0.39 is 35.9 Å². The fourth-order valence-electron chi connectivity index (χ4n) is 2.64. The summed E-state index contributed by atoms with van der Waals surface area (Å²) in [5.41, 5.74) is 6.64. The normalized spacial score (nSPS) is 15.6. The van der Waals surface area contributed by atoms with Crippen LogP contribution in [0.15, 0.2) is 12.5 Å². The summed E-state index contributed by atoms with van der Waals surface area (Å²) in [4.78, 5) is 43.3. The van der Waals surface area contributed by atoms with Gasteiger partial charge in [0.05, 0.1) is 12.4 Å². The van der Waals surface area contributed by atoms with Crippen molar-refractivity contribution in [3.63, 3.8) is 0 Å². The molecule has 2 amide bonds. The van der Waals surface area contributed by atoms with Crippen molar-refractivity contribution in [1.29, 1.82) is 0 Å². The summed E-state index contributed by atoms with van der Waals surface area (Å²) in [6.07, 6.45) is 4.27. The molecule has 6 N–H and O–H groups in total. The van der Waals surface area contributed by atoms with E-state index in [-0.39, 0.29) is 18.3 Å². The topological polar surface area (TPSA) is 150 Å². The summed E-state index contributed by atoms with van der Waals surface area (Å²) in [7, 11) is 0. The first-order valence-electron chi connectivity index (χ1n) is 9.22. The summed E-state index contributed by atoms with van der Waals surface area (Å²) in [5, 5.41) is 14.5. The summed E-state index contributed by atoms with van der Waals surface area (Å²) in [5.74, 6) is -2.16. The molecule has 9 heteroatoms. The Morgan fingerprint density at radius 3 is 2.37 bits per heavy atom. The van der Waals surface area contributed by atoms with Crippen LogP contribution in [-0.2, 0) is 20.8 Å². The maximum absolute atomic E-state index is 12.7. The first-order chi connectivity index (χ1) is 12.6. The first-order valence-corrected chi connectivity index (χ1v) is 9.22. The van der Waals surface area contributed by atoms with Gasteiger partial charge in [-0.05, 0) is 18.3 Å². The number of rotatable bonds is 11. The number of nitrogens with one attached hydrogen (secondary N) is 3. The van der Waals surface area contributed by atoms with E-state index in [2.05, 4.69) is 20.6 Å². The van der Waals surface area contributed by atoms with Crippen LogP contribution in [0.2, 0.25) is 0 Å². The lowest BCUT2D eigenvalue weighted by molar-refractivity contribution is -0.143. The SMILES string of the molecule is CC[C@H](C)[C@H](NC(=O)[C@@H](N)Cc1cnc[nH]1)C(=O)N[C@@H](CC(C)C)C(=O)O. The summed E-state index contributed by atoms with van der Waals surface area (Å²) in [6.45, 7) is 7.47. The third-order valence-corrected chi connectivity index (χ3v) is 4.45. The predicted octanol–water partition coefficient (Wildman–Crippen LogP) is 0.426. The number of aromatic amines is 1. The van der Waals surface area contributed by atoms with Crippen molar-refractivity contribution in [2.45, 2.75) is 65.1 Å². The second-order valence-electron chi connectivity index (χ2n) is 7.29. The second kappa shape index (κ2) is 10.7. The standard InChI is InChI=1S/C18H31N5O4/c1-5-11(4)15(17(25)22-14(18(26)27)6-10(2)3)23-16(24)13(19)7-12-8-20-9-21-12/h8-11,13-15H,5-7,19H2,1-4H3,(H,20,21)(H,22,25)(H,23,24)(H,26,27)/t11-,13-,14-,15-/m0/s1. The van der Waals surface area contributed by atoms with E-state index in [1.54, 1.807) is 6.20 Å². The number of H-pyrrole nitrogens is 1. The van der Waals surface area contributed by atoms with Crippen LogP contribution in [0.4, 0.5) is 0 Å². The lowest BCUT2D eigenvalue weighted by Gasteiger charge is -2.27. The number of hydrogen-bond acceptors (Lipinski definition) is 5. The Labute approximate surface area is 159 Å². The van der Waals surface area contributed by atoms with Gasteiger partial charge < -0.3 is 26.5 Å². The Morgan fingerprint density at radius 1 is 1.22 bits per heavy atom. The minimum absolute atomic E-state index is 0.103. The van der Waals surface area contributed by atoms with Gasteiger partial charge in [0.15, 0.2) is 0 Å². The van der Waals surface area contributed by atoms with Crippen molar-refractivity contribution in [1.82, 2.24) is 20.6 Å². The molecule has 0 bridgehead atoms. The Balaban J connectivity index is 2.79. The third kappa shape index (κ3) is 7.38. The molecular formula is C18H31N5O4. The van der Waals surface area contributed by atoms with Gasteiger partial charge in [-0.1, -0.05) is 34.1 Å². The van der Waals surface area contributed by atoms with Crippen molar-refractivity contribution in [3.05, 3.63) is 18.2 Å². The molecule has 0 fully saturated rings. The highest BCUT2D eigenvalue weighted by molar-refractivity contribution is 5.92. The highest BCUT2D eigenvalue weighted by Gasteiger charge is 2.31. The quantitative estimate of drug-likeness (QED) is 0.375. The largest absolute Gasteiger partial charge is 0.480 e. The van der Waals surface area contributed by atoms with Crippen LogP contribution >= 0.6 is 0 Å². The molecule has 0 aliphatic carbocycles. The number of carboxylic acids is 1. The molecule has 0 aromatic carbocycles. The minimum atomic E-state index is -1.10. The predicted molar refractivity (Wildman–Crippen MR) is 101 cm³/mol. The summed E-state index contributed by atoms with van der Waals surface area (Å²) < 4.78 is 0. The van der Waals surface area contributed by atoms with Crippen molar-refractivity contribution < 1.29 is 19.5 Å². The molecule has 0 aliphatic heterocycles. The Morgan fingerprint density at radius 2 is 1.89 bits per heavy atom. The van der Waals surface area contributed by atoms with E-state index in [1.807, 2.05) is 27.7 Å². The fourth-order valence-corrected chi connectivity index (χ4v) is 2.64. The number of aliphatic carboxylic acids is 1. The van der Waals surface area contributed by atoms with E-state index in [4.69, 9.17) is 5.73 Å². The van der Waals surface area contributed by atoms with Gasteiger partial charge in [-0.15, -0.1) is 0 Å². The number of carbonyl (C=O) groups excluding carboxylic acids is 2. The van der Waals surface area contributed by atoms with Gasteiger partial charge in [-0.2, -0.15) is 0 Å². The lowest BCUT2D eigenvalue weighted by atomic mass is 9.96. The van der Waals surface area contributed by atoms with Crippen LogP contribution in [0.3, 0.4) is 0 Å². The average Bonchev–Trinajstić information content (AvgIpc) is 3.10. The maximum atomic E-state index is 12.7. The zero-order chi connectivity index (χ0) is 20.6. The van der Waals surface area contributed by atoms with Crippen LogP contribution in [0.1, 0.15) is 46.2 Å². The number of hydrogen-bond donors (Lipinski definition) is 5. The summed E-state index contributed by atoms with van der Waals surface area (Å²) >= 11 is 0. The third-order valence-electron chi connectivity index (χ3n) is 4.45. The second-order valence-corrected chi connectivity index (χ2v) is 7.29. The molecule has 0 aliphatic rings. The van der Waals surface area contributed by atoms with Gasteiger partial charge in [0.25, 0.3) is 0 Å². The van der Waals surface area contributed by atoms with Crippen LogP contribution < -0.4 is 16.4 Å². The van der Waals surface area contributed by atoms with Crippen molar-refractivity contribution in [2.75, 3.05) is 0 Å². The molecule has 0 saturated carbocycles. The van der Waals surface area contributed by atoms with Gasteiger partial charge in [-0.25, -0.2) is 9.78 Å². The smallest absolute Gasteiger partial charge is 0.326 e. The molecule has 1 aromatic heterocycles. The molecule has 9 nitrogen and oxygen atoms in total. The van der Waals surface area contributed by atoms with E-state index in [1.165, 1.54) is 6.33 Å². The highest BCUT2D eigenvalue weighted by atomic mass is 16.4. The van der Waals surface area contributed by atoms with Gasteiger partial charge in [0.2, 0.25) is 11.8 Å². The molecule has 0 saturated heterocycles. The van der Waals surface area contributed by atoms with E-state index in [0.29, 0.717) is 18.5 Å². The monoisotopic (exact) mass is 381 g/mol. The Bertz CT molecular complexity index is 617. The van der Waals surface area contributed by atoms with Crippen LogP contribution in [0.25, 0.3) is 0 Å². The lowest BCUT2D eigenvalue weighted by Crippen LogP contribution is -2.57. The molecule has 27 heavy (non-hydrogen) atoms. The number of aromatic nitrogens is 2. The van der Waals surface area contributed by atoms with Gasteiger partial charge in [-0.3, -0.25) is 9.59 Å². The molecule has 0 unspecified atom stereocenters. The fraction of sp³-hybridized carbons (Fsp3) is 0.667. The molecule has 1 rings (SSSR count). The molecule has 1 heterocycles. The molecule has 1 aromatic rings. The van der Waals surface area contributed by atoms with Gasteiger partial charge >= 0.3 is 5.97 Å². The van der Waals surface area contributed by atoms with E-state index in [9.17, 15) is 19.5 Å². The minimum Gasteiger partial charge on any atom is -0.480 e. The molecule has 0 spiro atoms. The van der Waals surface area contributed by atoms with Crippen LogP contribution in [0.5, 0.6) is 0 Å². The number of nitrogens with zero attached hydrogens (tertiary/aromatic N) is 1. The summed E-state index contributed by atoms with van der Waals surface area (Å²) in [6, 6.07) is -2.71. The number of amides is 2. The van der Waals surface area contributed by atoms with Gasteiger partial charge in [0, 0.05) is 18.3 Å². The maximum Gasteiger partial charge on any atom is 0.326 e. The number of nitrogens with two attached hydrogens (primary N) is 1. The molecule has 4 atom stereocenters. The van der Waals surface area contributed by atoms with Crippen LogP contribution in [-0.4, -0.2) is 51.0 Å². The van der Waals surface area contributed by atoms with E-state index >= 15 is 0 Å². The number of carboxylic acid groups (broad SMARTS) is 1. The van der Waals surface area contributed by atoms with Crippen molar-refractivity contribution in [3.8, 4) is 0 Å². The molecule has 152 valence electrons. The van der Waals surface area contributed by atoms with E-state index in [0.717, 1.165) is 0 Å². The Kier molecular flexibility index (Phi) is 8.93. The number of carbonyl (C=O) groups is 3. The Hall–Kier alpha value is -2.42. The van der Waals surface area contributed by atoms with Crippen molar-refractivity contribution >= 4 is 17.8 Å². The zero-order valence-corrected chi connectivity index (χ0v) is 16.4.